The highest BCUT2D eigenvalue weighted by Gasteiger charge is 2.36. The van der Waals surface area contributed by atoms with Crippen LogP contribution in [-0.4, -0.2) is 5.54 Å². The molecule has 0 saturated heterocycles. The highest BCUT2D eigenvalue weighted by Crippen LogP contribution is 2.43. The first-order chi connectivity index (χ1) is 7.71. The third kappa shape index (κ3) is 1.25. The van der Waals surface area contributed by atoms with Crippen LogP contribution in [0.2, 0.25) is 0 Å². The van der Waals surface area contributed by atoms with Gasteiger partial charge in [0.1, 0.15) is 0 Å². The molecule has 0 bridgehead atoms. The molecule has 1 aromatic rings. The van der Waals surface area contributed by atoms with Gasteiger partial charge in [0.25, 0.3) is 0 Å². The van der Waals surface area contributed by atoms with Gasteiger partial charge in [-0.2, -0.15) is 5.26 Å². The second-order valence-electron chi connectivity index (χ2n) is 4.89. The molecule has 1 heterocycles. The molecule has 0 aromatic heterocycles. The van der Waals surface area contributed by atoms with Crippen molar-refractivity contribution in [1.82, 2.24) is 0 Å². The Kier molecular flexibility index (Phi) is 1.85. The van der Waals surface area contributed by atoms with E-state index < -0.39 is 0 Å². The molecule has 0 amide bonds. The topological polar surface area (TPSA) is 35.8 Å². The van der Waals surface area contributed by atoms with Crippen LogP contribution in [-0.2, 0) is 0 Å². The molecular formula is C14H14N2. The van der Waals surface area contributed by atoms with E-state index in [0.717, 1.165) is 16.8 Å². The lowest BCUT2D eigenvalue weighted by Crippen LogP contribution is -2.35. The highest BCUT2D eigenvalue weighted by molar-refractivity contribution is 5.76. The number of rotatable bonds is 0. The SMILES string of the molecule is CC12CCCC1=Cc1cc(C#N)ccc1N2. The summed E-state index contributed by atoms with van der Waals surface area (Å²) in [7, 11) is 0. The van der Waals surface area contributed by atoms with E-state index in [4.69, 9.17) is 5.26 Å². The minimum absolute atomic E-state index is 0.154. The predicted octanol–water partition coefficient (Wildman–Crippen LogP) is 3.31. The van der Waals surface area contributed by atoms with Gasteiger partial charge in [-0.3, -0.25) is 0 Å². The van der Waals surface area contributed by atoms with E-state index in [1.807, 2.05) is 18.2 Å². The maximum absolute atomic E-state index is 8.89. The first-order valence-corrected chi connectivity index (χ1v) is 5.75. The Morgan fingerprint density at radius 3 is 3.12 bits per heavy atom. The number of benzene rings is 1. The summed E-state index contributed by atoms with van der Waals surface area (Å²) in [5.74, 6) is 0. The fourth-order valence-corrected chi connectivity index (χ4v) is 2.79. The second kappa shape index (κ2) is 3.12. The number of nitriles is 1. The highest BCUT2D eigenvalue weighted by atomic mass is 15.0. The number of hydrogen-bond acceptors (Lipinski definition) is 2. The molecule has 1 aromatic carbocycles. The van der Waals surface area contributed by atoms with Crippen LogP contribution in [0.1, 0.15) is 37.3 Å². The van der Waals surface area contributed by atoms with Crippen molar-refractivity contribution in [3.63, 3.8) is 0 Å². The van der Waals surface area contributed by atoms with Gasteiger partial charge in [0.05, 0.1) is 17.2 Å². The normalized spacial score (nSPS) is 26.1. The lowest BCUT2D eigenvalue weighted by atomic mass is 9.88. The Morgan fingerprint density at radius 1 is 1.44 bits per heavy atom. The molecule has 2 aliphatic rings. The van der Waals surface area contributed by atoms with Crippen molar-refractivity contribution in [3.8, 4) is 6.07 Å². The molecule has 16 heavy (non-hydrogen) atoms. The van der Waals surface area contributed by atoms with E-state index in [-0.39, 0.29) is 5.54 Å². The standard InChI is InChI=1S/C14H14N2/c1-14-6-2-3-12(14)8-11-7-10(9-15)4-5-13(11)16-14/h4-5,7-8,16H,2-3,6H2,1H3. The van der Waals surface area contributed by atoms with Crippen molar-refractivity contribution in [3.05, 3.63) is 34.9 Å². The number of fused-ring (bicyclic) bond motifs is 2. The summed E-state index contributed by atoms with van der Waals surface area (Å²) in [5.41, 5.74) is 4.69. The third-order valence-electron chi connectivity index (χ3n) is 3.75. The molecule has 3 rings (SSSR count). The molecule has 2 nitrogen and oxygen atoms in total. The van der Waals surface area contributed by atoms with Gasteiger partial charge in [-0.1, -0.05) is 6.08 Å². The smallest absolute Gasteiger partial charge is 0.0991 e. The van der Waals surface area contributed by atoms with E-state index in [1.165, 1.54) is 24.8 Å². The van der Waals surface area contributed by atoms with E-state index in [0.29, 0.717) is 0 Å². The van der Waals surface area contributed by atoms with Gasteiger partial charge in [0, 0.05) is 5.69 Å². The van der Waals surface area contributed by atoms with Crippen molar-refractivity contribution in [1.29, 1.82) is 5.26 Å². The van der Waals surface area contributed by atoms with Crippen LogP contribution < -0.4 is 5.32 Å². The van der Waals surface area contributed by atoms with Crippen LogP contribution in [0.15, 0.2) is 23.8 Å². The van der Waals surface area contributed by atoms with E-state index in [1.54, 1.807) is 0 Å². The Hall–Kier alpha value is -1.75. The van der Waals surface area contributed by atoms with E-state index in [9.17, 15) is 0 Å². The zero-order valence-corrected chi connectivity index (χ0v) is 9.38. The van der Waals surface area contributed by atoms with Gasteiger partial charge in [0.15, 0.2) is 0 Å². The largest absolute Gasteiger partial charge is 0.376 e. The first kappa shape index (κ1) is 9.47. The second-order valence-corrected chi connectivity index (χ2v) is 4.89. The maximum atomic E-state index is 8.89. The molecule has 1 aliphatic heterocycles. The Balaban J connectivity index is 2.12. The molecule has 0 spiro atoms. The molecule has 1 unspecified atom stereocenters. The Labute approximate surface area is 95.6 Å². The van der Waals surface area contributed by atoms with Gasteiger partial charge in [0.2, 0.25) is 0 Å². The van der Waals surface area contributed by atoms with Crippen LogP contribution in [0.3, 0.4) is 0 Å². The molecule has 1 fully saturated rings. The fourth-order valence-electron chi connectivity index (χ4n) is 2.79. The summed E-state index contributed by atoms with van der Waals surface area (Å²) in [6.45, 7) is 2.27. The van der Waals surface area contributed by atoms with Gasteiger partial charge >= 0.3 is 0 Å². The lowest BCUT2D eigenvalue weighted by molar-refractivity contribution is 0.611. The average molecular weight is 210 g/mol. The first-order valence-electron chi connectivity index (χ1n) is 5.75. The minimum Gasteiger partial charge on any atom is -0.376 e. The summed E-state index contributed by atoms with van der Waals surface area (Å²) >= 11 is 0. The molecule has 1 aliphatic carbocycles. The zero-order valence-electron chi connectivity index (χ0n) is 9.38. The summed E-state index contributed by atoms with van der Waals surface area (Å²) in [6, 6.07) is 8.05. The zero-order chi connectivity index (χ0) is 11.2. The fraction of sp³-hybridized carbons (Fsp3) is 0.357. The average Bonchev–Trinajstić information content (AvgIpc) is 2.65. The predicted molar refractivity (Wildman–Crippen MR) is 65.0 cm³/mol. The number of hydrogen-bond donors (Lipinski definition) is 1. The summed E-state index contributed by atoms with van der Waals surface area (Å²) < 4.78 is 0. The van der Waals surface area contributed by atoms with Crippen LogP contribution in [0.25, 0.3) is 6.08 Å². The Morgan fingerprint density at radius 2 is 2.31 bits per heavy atom. The maximum Gasteiger partial charge on any atom is 0.0991 e. The van der Waals surface area contributed by atoms with E-state index in [2.05, 4.69) is 24.4 Å². The number of nitrogens with one attached hydrogen (secondary N) is 1. The minimum atomic E-state index is 0.154. The summed E-state index contributed by atoms with van der Waals surface area (Å²) in [6.07, 6.45) is 5.91. The van der Waals surface area contributed by atoms with Gasteiger partial charge in [-0.15, -0.1) is 0 Å². The molecule has 1 saturated carbocycles. The van der Waals surface area contributed by atoms with Crippen molar-refractivity contribution in [2.45, 2.75) is 31.7 Å². The quantitative estimate of drug-likeness (QED) is 0.713. The van der Waals surface area contributed by atoms with Crippen LogP contribution in [0, 0.1) is 11.3 Å². The third-order valence-corrected chi connectivity index (χ3v) is 3.75. The molecule has 0 radical (unpaired) electrons. The summed E-state index contributed by atoms with van der Waals surface area (Å²) in [4.78, 5) is 0. The van der Waals surface area contributed by atoms with Crippen molar-refractivity contribution in [2.75, 3.05) is 5.32 Å². The van der Waals surface area contributed by atoms with Crippen LogP contribution in [0.4, 0.5) is 5.69 Å². The van der Waals surface area contributed by atoms with Crippen molar-refractivity contribution < 1.29 is 0 Å². The Bertz CT molecular complexity index is 522. The molecule has 1 N–H and O–H groups in total. The summed E-state index contributed by atoms with van der Waals surface area (Å²) in [5, 5.41) is 12.5. The molecule has 1 atom stereocenters. The van der Waals surface area contributed by atoms with Crippen molar-refractivity contribution in [2.24, 2.45) is 0 Å². The number of nitrogens with zero attached hydrogens (tertiary/aromatic N) is 1. The van der Waals surface area contributed by atoms with Crippen LogP contribution in [0.5, 0.6) is 0 Å². The van der Waals surface area contributed by atoms with E-state index >= 15 is 0 Å². The molecule has 2 heteroatoms. The van der Waals surface area contributed by atoms with Crippen LogP contribution >= 0.6 is 0 Å². The molecule has 80 valence electrons. The monoisotopic (exact) mass is 210 g/mol. The number of anilines is 1. The molecular weight excluding hydrogens is 196 g/mol. The van der Waals surface area contributed by atoms with Gasteiger partial charge in [-0.25, -0.2) is 0 Å². The van der Waals surface area contributed by atoms with Gasteiger partial charge in [-0.05, 0) is 55.5 Å². The van der Waals surface area contributed by atoms with Crippen molar-refractivity contribution >= 4 is 11.8 Å². The lowest BCUT2D eigenvalue weighted by Gasteiger charge is -2.33. The van der Waals surface area contributed by atoms with Gasteiger partial charge < -0.3 is 5.32 Å².